The summed E-state index contributed by atoms with van der Waals surface area (Å²) in [7, 11) is -3.49. The molecule has 0 aliphatic carbocycles. The number of sulfonamides is 1. The fraction of sp³-hybridized carbons (Fsp3) is 0.222. The Morgan fingerprint density at radius 1 is 1.04 bits per heavy atom. The highest BCUT2D eigenvalue weighted by Gasteiger charge is 2.14. The van der Waals surface area contributed by atoms with Gasteiger partial charge in [0.2, 0.25) is 21.7 Å². The van der Waals surface area contributed by atoms with Gasteiger partial charge in [0.15, 0.2) is 0 Å². The number of benzene rings is 2. The SMILES string of the molecule is Cc1ccc(CS(=O)(=O)NCc2nc(-c3cccc(C)c3)no2)cc1. The molecule has 0 unspecified atom stereocenters. The van der Waals surface area contributed by atoms with Crippen LogP contribution >= 0.6 is 0 Å². The van der Waals surface area contributed by atoms with Crippen molar-refractivity contribution < 1.29 is 12.9 Å². The quantitative estimate of drug-likeness (QED) is 0.733. The normalized spacial score (nSPS) is 11.6. The minimum absolute atomic E-state index is 0.0347. The lowest BCUT2D eigenvalue weighted by Crippen LogP contribution is -2.24. The topological polar surface area (TPSA) is 85.1 Å². The van der Waals surface area contributed by atoms with Crippen molar-refractivity contribution in [2.45, 2.75) is 26.1 Å². The van der Waals surface area contributed by atoms with Gasteiger partial charge in [0.1, 0.15) is 0 Å². The second-order valence-corrected chi connectivity index (χ2v) is 7.75. The van der Waals surface area contributed by atoms with Crippen molar-refractivity contribution >= 4 is 10.0 Å². The average Bonchev–Trinajstić information content (AvgIpc) is 3.04. The summed E-state index contributed by atoms with van der Waals surface area (Å²) >= 11 is 0. The Morgan fingerprint density at radius 2 is 1.80 bits per heavy atom. The first-order chi connectivity index (χ1) is 11.9. The van der Waals surface area contributed by atoms with Gasteiger partial charge in [-0.2, -0.15) is 4.98 Å². The standard InChI is InChI=1S/C18H19N3O3S/c1-13-6-8-15(9-7-13)12-25(22,23)19-11-17-20-18(21-24-17)16-5-3-4-14(2)10-16/h3-10,19H,11-12H2,1-2H3. The van der Waals surface area contributed by atoms with Crippen LogP contribution in [0.4, 0.5) is 0 Å². The van der Waals surface area contributed by atoms with E-state index < -0.39 is 10.0 Å². The van der Waals surface area contributed by atoms with Crippen LogP contribution in [0.2, 0.25) is 0 Å². The number of nitrogens with one attached hydrogen (secondary N) is 1. The maximum absolute atomic E-state index is 12.2. The molecule has 0 spiro atoms. The minimum atomic E-state index is -3.49. The molecule has 0 atom stereocenters. The summed E-state index contributed by atoms with van der Waals surface area (Å²) < 4.78 is 32.0. The summed E-state index contributed by atoms with van der Waals surface area (Å²) in [5.41, 5.74) is 3.73. The summed E-state index contributed by atoms with van der Waals surface area (Å²) in [4.78, 5) is 4.24. The lowest BCUT2D eigenvalue weighted by atomic mass is 10.1. The van der Waals surface area contributed by atoms with Crippen LogP contribution in [0, 0.1) is 13.8 Å². The molecular formula is C18H19N3O3S. The van der Waals surface area contributed by atoms with Gasteiger partial charge in [-0.05, 0) is 25.5 Å². The van der Waals surface area contributed by atoms with Crippen LogP contribution in [-0.4, -0.2) is 18.6 Å². The second kappa shape index (κ2) is 7.16. The highest BCUT2D eigenvalue weighted by atomic mass is 32.2. The molecule has 25 heavy (non-hydrogen) atoms. The number of hydrogen-bond donors (Lipinski definition) is 1. The van der Waals surface area contributed by atoms with Gasteiger partial charge in [-0.1, -0.05) is 58.7 Å². The van der Waals surface area contributed by atoms with E-state index in [1.165, 1.54) is 0 Å². The van der Waals surface area contributed by atoms with Crippen LogP contribution < -0.4 is 4.72 Å². The van der Waals surface area contributed by atoms with E-state index in [-0.39, 0.29) is 18.2 Å². The van der Waals surface area contributed by atoms with Crippen LogP contribution in [0.1, 0.15) is 22.6 Å². The molecule has 7 heteroatoms. The Bertz CT molecular complexity index is 963. The van der Waals surface area contributed by atoms with E-state index in [1.54, 1.807) is 12.1 Å². The van der Waals surface area contributed by atoms with Crippen molar-refractivity contribution in [2.75, 3.05) is 0 Å². The maximum Gasteiger partial charge on any atom is 0.242 e. The molecule has 1 N–H and O–H groups in total. The van der Waals surface area contributed by atoms with Crippen molar-refractivity contribution in [1.82, 2.24) is 14.9 Å². The Morgan fingerprint density at radius 3 is 2.52 bits per heavy atom. The molecule has 130 valence electrons. The first-order valence-electron chi connectivity index (χ1n) is 7.84. The Hall–Kier alpha value is -2.51. The lowest BCUT2D eigenvalue weighted by Gasteiger charge is -2.05. The Kier molecular flexibility index (Phi) is 4.96. The smallest absolute Gasteiger partial charge is 0.242 e. The van der Waals surface area contributed by atoms with Crippen LogP contribution in [0.3, 0.4) is 0 Å². The first-order valence-corrected chi connectivity index (χ1v) is 9.49. The van der Waals surface area contributed by atoms with E-state index in [0.29, 0.717) is 5.82 Å². The maximum atomic E-state index is 12.2. The van der Waals surface area contributed by atoms with Crippen LogP contribution in [0.25, 0.3) is 11.4 Å². The largest absolute Gasteiger partial charge is 0.338 e. The van der Waals surface area contributed by atoms with E-state index in [0.717, 1.165) is 22.3 Å². The summed E-state index contributed by atoms with van der Waals surface area (Å²) in [5, 5.41) is 3.90. The molecule has 0 amide bonds. The van der Waals surface area contributed by atoms with Crippen molar-refractivity contribution in [3.63, 3.8) is 0 Å². The zero-order chi connectivity index (χ0) is 17.9. The van der Waals surface area contributed by atoms with Gasteiger partial charge >= 0.3 is 0 Å². The highest BCUT2D eigenvalue weighted by molar-refractivity contribution is 7.88. The molecule has 6 nitrogen and oxygen atoms in total. The molecule has 0 aliphatic heterocycles. The van der Waals surface area contributed by atoms with Crippen molar-refractivity contribution in [3.05, 3.63) is 71.1 Å². The van der Waals surface area contributed by atoms with Crippen molar-refractivity contribution in [3.8, 4) is 11.4 Å². The van der Waals surface area contributed by atoms with E-state index in [9.17, 15) is 8.42 Å². The Labute approximate surface area is 147 Å². The first kappa shape index (κ1) is 17.3. The Balaban J connectivity index is 1.64. The van der Waals surface area contributed by atoms with Gasteiger partial charge in [-0.15, -0.1) is 0 Å². The highest BCUT2D eigenvalue weighted by Crippen LogP contribution is 2.17. The van der Waals surface area contributed by atoms with Crippen LogP contribution in [0.5, 0.6) is 0 Å². The molecule has 2 aromatic carbocycles. The fourth-order valence-electron chi connectivity index (χ4n) is 2.35. The zero-order valence-corrected chi connectivity index (χ0v) is 14.9. The molecule has 0 aliphatic rings. The molecule has 3 aromatic rings. The number of aromatic nitrogens is 2. The predicted octanol–water partition coefficient (Wildman–Crippen LogP) is 2.97. The molecular weight excluding hydrogens is 338 g/mol. The monoisotopic (exact) mass is 357 g/mol. The summed E-state index contributed by atoms with van der Waals surface area (Å²) in [5.74, 6) is 0.576. The molecule has 0 bridgehead atoms. The second-order valence-electron chi connectivity index (χ2n) is 5.95. The van der Waals surface area contributed by atoms with Crippen LogP contribution in [-0.2, 0) is 22.3 Å². The molecule has 0 radical (unpaired) electrons. The molecule has 1 aromatic heterocycles. The molecule has 3 rings (SSSR count). The number of rotatable bonds is 6. The molecule has 0 fully saturated rings. The van der Waals surface area contributed by atoms with Gasteiger partial charge in [0.25, 0.3) is 0 Å². The lowest BCUT2D eigenvalue weighted by molar-refractivity contribution is 0.376. The van der Waals surface area contributed by atoms with Gasteiger partial charge < -0.3 is 4.52 Å². The third-order valence-electron chi connectivity index (χ3n) is 3.66. The zero-order valence-electron chi connectivity index (χ0n) is 14.1. The molecule has 1 heterocycles. The average molecular weight is 357 g/mol. The van der Waals surface area contributed by atoms with Gasteiger partial charge in [0, 0.05) is 5.56 Å². The minimum Gasteiger partial charge on any atom is -0.338 e. The summed E-state index contributed by atoms with van der Waals surface area (Å²) in [6.07, 6.45) is 0. The summed E-state index contributed by atoms with van der Waals surface area (Å²) in [6.45, 7) is 3.90. The third-order valence-corrected chi connectivity index (χ3v) is 4.96. The molecule has 0 saturated carbocycles. The van der Waals surface area contributed by atoms with E-state index in [4.69, 9.17) is 4.52 Å². The predicted molar refractivity (Wildman–Crippen MR) is 95.1 cm³/mol. The van der Waals surface area contributed by atoms with Gasteiger partial charge in [0.05, 0.1) is 12.3 Å². The van der Waals surface area contributed by atoms with E-state index >= 15 is 0 Å². The fourth-order valence-corrected chi connectivity index (χ4v) is 3.43. The number of aryl methyl sites for hydroxylation is 2. The van der Waals surface area contributed by atoms with E-state index in [2.05, 4.69) is 14.9 Å². The summed E-state index contributed by atoms with van der Waals surface area (Å²) in [6, 6.07) is 15.1. The van der Waals surface area contributed by atoms with Crippen molar-refractivity contribution in [2.24, 2.45) is 0 Å². The molecule has 0 saturated heterocycles. The van der Waals surface area contributed by atoms with Crippen molar-refractivity contribution in [1.29, 1.82) is 0 Å². The third kappa shape index (κ3) is 4.74. The van der Waals surface area contributed by atoms with Crippen LogP contribution in [0.15, 0.2) is 53.1 Å². The number of hydrogen-bond acceptors (Lipinski definition) is 5. The van der Waals surface area contributed by atoms with Gasteiger partial charge in [-0.3, -0.25) is 0 Å². The number of nitrogens with zero attached hydrogens (tertiary/aromatic N) is 2. The van der Waals surface area contributed by atoms with E-state index in [1.807, 2.05) is 50.2 Å². The van der Waals surface area contributed by atoms with Gasteiger partial charge in [-0.25, -0.2) is 13.1 Å².